The molecule has 1 aromatic rings. The molecule has 0 aromatic heterocycles. The highest BCUT2D eigenvalue weighted by Crippen LogP contribution is 2.15. The molecule has 1 atom stereocenters. The summed E-state index contributed by atoms with van der Waals surface area (Å²) in [6.07, 6.45) is 0.477. The van der Waals surface area contributed by atoms with Crippen LogP contribution in [0.25, 0.3) is 0 Å². The summed E-state index contributed by atoms with van der Waals surface area (Å²) in [6.45, 7) is 4.22. The quantitative estimate of drug-likeness (QED) is 0.920. The van der Waals surface area contributed by atoms with Crippen LogP contribution in [0.3, 0.4) is 0 Å². The van der Waals surface area contributed by atoms with Crippen molar-refractivity contribution >= 4 is 24.0 Å². The van der Waals surface area contributed by atoms with E-state index in [-0.39, 0.29) is 24.4 Å². The monoisotopic (exact) mass is 284 g/mol. The van der Waals surface area contributed by atoms with Crippen molar-refractivity contribution in [3.8, 4) is 0 Å². The number of rotatable bonds is 3. The molecule has 2 rings (SSSR count). The van der Waals surface area contributed by atoms with E-state index < -0.39 is 0 Å². The lowest BCUT2D eigenvalue weighted by Crippen LogP contribution is -2.44. The fraction of sp³-hybridized carbons (Fsp3) is 0.500. The predicted molar refractivity (Wildman–Crippen MR) is 79.1 cm³/mol. The second kappa shape index (κ2) is 7.48. The molecule has 0 bridgehead atoms. The molecule has 1 N–H and O–H groups in total. The van der Waals surface area contributed by atoms with Gasteiger partial charge >= 0.3 is 0 Å². The molecule has 1 aliphatic rings. The van der Waals surface area contributed by atoms with Gasteiger partial charge in [-0.05, 0) is 19.1 Å². The van der Waals surface area contributed by atoms with Crippen molar-refractivity contribution in [1.29, 1.82) is 0 Å². The fourth-order valence-corrected chi connectivity index (χ4v) is 2.01. The Kier molecular flexibility index (Phi) is 6.28. The number of amides is 1. The third-order valence-electron chi connectivity index (χ3n) is 3.21. The molecule has 1 saturated heterocycles. The van der Waals surface area contributed by atoms with Crippen molar-refractivity contribution in [2.24, 2.45) is 0 Å². The summed E-state index contributed by atoms with van der Waals surface area (Å²) in [5.74, 6) is 0.113. The predicted octanol–water partition coefficient (Wildman–Crippen LogP) is 1.76. The zero-order valence-electron chi connectivity index (χ0n) is 11.4. The second-order valence-corrected chi connectivity index (χ2v) is 4.72. The second-order valence-electron chi connectivity index (χ2n) is 4.72. The van der Waals surface area contributed by atoms with Gasteiger partial charge in [-0.2, -0.15) is 0 Å². The molecule has 1 aliphatic heterocycles. The van der Waals surface area contributed by atoms with E-state index in [9.17, 15) is 4.79 Å². The first-order chi connectivity index (χ1) is 8.66. The Balaban J connectivity index is 0.00000180. The number of carbonyl (C=O) groups excluding carboxylic acids is 1. The van der Waals surface area contributed by atoms with Crippen molar-refractivity contribution in [1.82, 2.24) is 5.32 Å². The summed E-state index contributed by atoms with van der Waals surface area (Å²) >= 11 is 0. The van der Waals surface area contributed by atoms with Crippen LogP contribution in [0.2, 0.25) is 0 Å². The Hall–Kier alpha value is -1.10. The average Bonchev–Trinajstić information content (AvgIpc) is 2.40. The molecule has 0 spiro atoms. The maximum atomic E-state index is 12.1. The number of halogens is 1. The van der Waals surface area contributed by atoms with E-state index in [4.69, 9.17) is 4.74 Å². The number of nitrogens with zero attached hydrogens (tertiary/aromatic N) is 1. The number of carbonyl (C=O) groups is 1. The molecule has 0 saturated carbocycles. The minimum Gasteiger partial charge on any atom is -0.378 e. The number of morpholine rings is 1. The third-order valence-corrected chi connectivity index (χ3v) is 3.21. The summed E-state index contributed by atoms with van der Waals surface area (Å²) in [5, 5.41) is 3.29. The first kappa shape index (κ1) is 16.0. The Labute approximate surface area is 120 Å². The van der Waals surface area contributed by atoms with Crippen LogP contribution in [-0.2, 0) is 9.53 Å². The van der Waals surface area contributed by atoms with Crippen molar-refractivity contribution in [3.63, 3.8) is 0 Å². The normalized spacial score (nSPS) is 18.5. The summed E-state index contributed by atoms with van der Waals surface area (Å²) in [7, 11) is 1.82. The zero-order valence-corrected chi connectivity index (χ0v) is 12.2. The van der Waals surface area contributed by atoms with Gasteiger partial charge in [-0.15, -0.1) is 12.4 Å². The van der Waals surface area contributed by atoms with Gasteiger partial charge in [0, 0.05) is 31.7 Å². The Bertz CT molecular complexity index is 402. The first-order valence-electron chi connectivity index (χ1n) is 6.31. The van der Waals surface area contributed by atoms with Crippen molar-refractivity contribution in [2.45, 2.75) is 19.4 Å². The average molecular weight is 285 g/mol. The molecule has 4 nitrogen and oxygen atoms in total. The molecule has 19 heavy (non-hydrogen) atoms. The van der Waals surface area contributed by atoms with E-state index in [1.807, 2.05) is 38.2 Å². The number of ether oxygens (including phenoxy) is 1. The summed E-state index contributed by atoms with van der Waals surface area (Å²) in [6, 6.07) is 8.11. The number of anilines is 1. The van der Waals surface area contributed by atoms with Crippen molar-refractivity contribution in [2.75, 3.05) is 31.7 Å². The molecule has 1 fully saturated rings. The molecule has 106 valence electrons. The number of hydrogen-bond donors (Lipinski definition) is 1. The van der Waals surface area contributed by atoms with E-state index in [1.165, 1.54) is 5.56 Å². The molecule has 0 radical (unpaired) electrons. The lowest BCUT2D eigenvalue weighted by Gasteiger charge is -2.25. The van der Waals surface area contributed by atoms with E-state index in [0.717, 1.165) is 18.8 Å². The van der Waals surface area contributed by atoms with Gasteiger partial charge in [-0.25, -0.2) is 0 Å². The number of nitrogens with one attached hydrogen (secondary N) is 1. The van der Waals surface area contributed by atoms with Crippen LogP contribution in [-0.4, -0.2) is 38.8 Å². The molecule has 1 aromatic carbocycles. The Morgan fingerprint density at radius 2 is 2.11 bits per heavy atom. The first-order valence-corrected chi connectivity index (χ1v) is 6.31. The van der Waals surface area contributed by atoms with E-state index in [0.29, 0.717) is 13.0 Å². The van der Waals surface area contributed by atoms with Gasteiger partial charge in [0.15, 0.2) is 0 Å². The minimum absolute atomic E-state index is 0. The van der Waals surface area contributed by atoms with Crippen LogP contribution in [0.1, 0.15) is 12.0 Å². The van der Waals surface area contributed by atoms with Crippen LogP contribution in [0.5, 0.6) is 0 Å². The molecular weight excluding hydrogens is 264 g/mol. The van der Waals surface area contributed by atoms with Crippen molar-refractivity contribution in [3.05, 3.63) is 29.8 Å². The van der Waals surface area contributed by atoms with Crippen LogP contribution in [0.15, 0.2) is 24.3 Å². The third kappa shape index (κ3) is 4.49. The molecule has 5 heteroatoms. The fourth-order valence-electron chi connectivity index (χ4n) is 2.01. The number of hydrogen-bond acceptors (Lipinski definition) is 3. The van der Waals surface area contributed by atoms with E-state index in [2.05, 4.69) is 5.32 Å². The van der Waals surface area contributed by atoms with Crippen LogP contribution >= 0.6 is 12.4 Å². The van der Waals surface area contributed by atoms with Crippen LogP contribution in [0, 0.1) is 6.92 Å². The van der Waals surface area contributed by atoms with Gasteiger partial charge in [0.1, 0.15) is 0 Å². The van der Waals surface area contributed by atoms with Gasteiger partial charge in [0.2, 0.25) is 5.91 Å². The van der Waals surface area contributed by atoms with Gasteiger partial charge in [-0.3, -0.25) is 4.79 Å². The number of aryl methyl sites for hydroxylation is 1. The zero-order chi connectivity index (χ0) is 13.0. The molecular formula is C14H21ClN2O2. The molecule has 1 amide bonds. The standard InChI is InChI=1S/C14H20N2O2.ClH/c1-11-3-5-13(6-4-11)16(2)14(17)9-12-10-18-8-7-15-12;/h3-6,12,15H,7-10H2,1-2H3;1H. The topological polar surface area (TPSA) is 41.6 Å². The van der Waals surface area contributed by atoms with Crippen LogP contribution < -0.4 is 10.2 Å². The van der Waals surface area contributed by atoms with Crippen molar-refractivity contribution < 1.29 is 9.53 Å². The Morgan fingerprint density at radius 1 is 1.42 bits per heavy atom. The highest BCUT2D eigenvalue weighted by Gasteiger charge is 2.19. The van der Waals surface area contributed by atoms with Gasteiger partial charge in [0.05, 0.1) is 13.2 Å². The summed E-state index contributed by atoms with van der Waals surface area (Å²) in [5.41, 5.74) is 2.13. The summed E-state index contributed by atoms with van der Waals surface area (Å²) < 4.78 is 5.35. The van der Waals surface area contributed by atoms with Gasteiger partial charge < -0.3 is 15.0 Å². The smallest absolute Gasteiger partial charge is 0.228 e. The van der Waals surface area contributed by atoms with E-state index in [1.54, 1.807) is 4.90 Å². The lowest BCUT2D eigenvalue weighted by molar-refractivity contribution is -0.119. The molecule has 0 aliphatic carbocycles. The molecule has 1 unspecified atom stereocenters. The summed E-state index contributed by atoms with van der Waals surface area (Å²) in [4.78, 5) is 13.8. The van der Waals surface area contributed by atoms with Gasteiger partial charge in [0.25, 0.3) is 0 Å². The Morgan fingerprint density at radius 3 is 2.68 bits per heavy atom. The highest BCUT2D eigenvalue weighted by atomic mass is 35.5. The van der Waals surface area contributed by atoms with Crippen LogP contribution in [0.4, 0.5) is 5.69 Å². The molecule has 1 heterocycles. The van der Waals surface area contributed by atoms with E-state index >= 15 is 0 Å². The van der Waals surface area contributed by atoms with Gasteiger partial charge in [-0.1, -0.05) is 17.7 Å². The number of benzene rings is 1. The SMILES string of the molecule is Cc1ccc(N(C)C(=O)CC2COCCN2)cc1.Cl. The highest BCUT2D eigenvalue weighted by molar-refractivity contribution is 5.93. The maximum absolute atomic E-state index is 12.1. The lowest BCUT2D eigenvalue weighted by atomic mass is 10.1. The maximum Gasteiger partial charge on any atom is 0.228 e. The largest absolute Gasteiger partial charge is 0.378 e. The minimum atomic E-state index is 0.